The van der Waals surface area contributed by atoms with Crippen molar-refractivity contribution in [1.29, 1.82) is 0 Å². The molecular formula is C14H20N4O3. The summed E-state index contributed by atoms with van der Waals surface area (Å²) in [6, 6.07) is 1.70. The maximum absolute atomic E-state index is 11.9. The van der Waals surface area contributed by atoms with Crippen LogP contribution in [0, 0.1) is 5.41 Å². The molecule has 2 N–H and O–H groups in total. The lowest BCUT2D eigenvalue weighted by molar-refractivity contribution is -0.148. The van der Waals surface area contributed by atoms with Gasteiger partial charge in [0.2, 0.25) is 11.9 Å². The van der Waals surface area contributed by atoms with Gasteiger partial charge in [0.05, 0.1) is 12.0 Å². The van der Waals surface area contributed by atoms with Gasteiger partial charge in [0, 0.05) is 26.0 Å². The Morgan fingerprint density at radius 3 is 2.52 bits per heavy atom. The number of rotatable bonds is 6. The molecule has 114 valence electrons. The quantitative estimate of drug-likeness (QED) is 0.800. The summed E-state index contributed by atoms with van der Waals surface area (Å²) in [5.41, 5.74) is -0.794. The average molecular weight is 292 g/mol. The average Bonchev–Trinajstić information content (AvgIpc) is 2.96. The van der Waals surface area contributed by atoms with Crippen LogP contribution < -0.4 is 10.2 Å². The second-order valence-electron chi connectivity index (χ2n) is 5.47. The van der Waals surface area contributed by atoms with Gasteiger partial charge in [-0.3, -0.25) is 9.59 Å². The monoisotopic (exact) mass is 292 g/mol. The Morgan fingerprint density at radius 1 is 1.33 bits per heavy atom. The first kappa shape index (κ1) is 15.2. The van der Waals surface area contributed by atoms with Crippen molar-refractivity contribution in [1.82, 2.24) is 15.3 Å². The van der Waals surface area contributed by atoms with Crippen molar-refractivity contribution in [2.24, 2.45) is 5.41 Å². The second kappa shape index (κ2) is 6.51. The zero-order valence-corrected chi connectivity index (χ0v) is 12.1. The minimum absolute atomic E-state index is 0.0969. The van der Waals surface area contributed by atoms with E-state index in [0.717, 1.165) is 12.8 Å². The number of likely N-dealkylation sites (N-methyl/N-ethyl adjacent to an activating group) is 1. The van der Waals surface area contributed by atoms with Crippen LogP contribution in [0.25, 0.3) is 0 Å². The van der Waals surface area contributed by atoms with Gasteiger partial charge in [-0.2, -0.15) is 0 Å². The van der Waals surface area contributed by atoms with Gasteiger partial charge in [-0.15, -0.1) is 0 Å². The van der Waals surface area contributed by atoms with Crippen LogP contribution in [0.2, 0.25) is 0 Å². The predicted molar refractivity (Wildman–Crippen MR) is 76.8 cm³/mol. The molecule has 7 nitrogen and oxygen atoms in total. The highest BCUT2D eigenvalue weighted by Crippen LogP contribution is 2.37. The number of carbonyl (C=O) groups excluding carboxylic acids is 1. The molecule has 0 aliphatic heterocycles. The predicted octanol–water partition coefficient (Wildman–Crippen LogP) is 0.674. The third-order valence-corrected chi connectivity index (χ3v) is 3.91. The van der Waals surface area contributed by atoms with E-state index in [1.807, 2.05) is 0 Å². The standard InChI is InChI=1S/C14H20N4O3/c1-18(13-15-7-4-8-16-13)9-11(19)17-10-14(12(20)21)5-2-3-6-14/h4,7-8H,2-3,5-6,9-10H2,1H3,(H,17,19)(H,20,21). The second-order valence-corrected chi connectivity index (χ2v) is 5.47. The molecule has 21 heavy (non-hydrogen) atoms. The van der Waals surface area contributed by atoms with Crippen LogP contribution in [0.15, 0.2) is 18.5 Å². The number of aliphatic carboxylic acids is 1. The maximum Gasteiger partial charge on any atom is 0.311 e. The van der Waals surface area contributed by atoms with E-state index in [0.29, 0.717) is 18.8 Å². The van der Waals surface area contributed by atoms with Crippen LogP contribution in [-0.4, -0.2) is 47.1 Å². The highest BCUT2D eigenvalue weighted by atomic mass is 16.4. The topological polar surface area (TPSA) is 95.4 Å². The Kier molecular flexibility index (Phi) is 4.72. The molecule has 0 spiro atoms. The van der Waals surface area contributed by atoms with Crippen molar-refractivity contribution < 1.29 is 14.7 Å². The van der Waals surface area contributed by atoms with E-state index in [2.05, 4.69) is 15.3 Å². The fourth-order valence-corrected chi connectivity index (χ4v) is 2.62. The number of carboxylic acids is 1. The van der Waals surface area contributed by atoms with Crippen molar-refractivity contribution >= 4 is 17.8 Å². The van der Waals surface area contributed by atoms with Gasteiger partial charge >= 0.3 is 5.97 Å². The summed E-state index contributed by atoms with van der Waals surface area (Å²) in [5, 5.41) is 12.1. The Bertz CT molecular complexity index is 500. The van der Waals surface area contributed by atoms with Gasteiger partial charge in [0.25, 0.3) is 0 Å². The van der Waals surface area contributed by atoms with Gasteiger partial charge in [-0.1, -0.05) is 12.8 Å². The lowest BCUT2D eigenvalue weighted by Crippen LogP contribution is -2.44. The highest BCUT2D eigenvalue weighted by Gasteiger charge is 2.41. The van der Waals surface area contributed by atoms with Crippen molar-refractivity contribution in [3.8, 4) is 0 Å². The largest absolute Gasteiger partial charge is 0.481 e. The number of anilines is 1. The van der Waals surface area contributed by atoms with Crippen LogP contribution >= 0.6 is 0 Å². The zero-order chi connectivity index (χ0) is 15.3. The van der Waals surface area contributed by atoms with E-state index >= 15 is 0 Å². The molecular weight excluding hydrogens is 272 g/mol. The number of hydrogen-bond donors (Lipinski definition) is 2. The van der Waals surface area contributed by atoms with E-state index in [1.54, 1.807) is 30.4 Å². The van der Waals surface area contributed by atoms with E-state index < -0.39 is 11.4 Å². The van der Waals surface area contributed by atoms with Crippen LogP contribution in [0.3, 0.4) is 0 Å². The fourth-order valence-electron chi connectivity index (χ4n) is 2.62. The highest BCUT2D eigenvalue weighted by molar-refractivity contribution is 5.82. The molecule has 0 radical (unpaired) electrons. The number of carboxylic acid groups (broad SMARTS) is 1. The molecule has 0 unspecified atom stereocenters. The van der Waals surface area contributed by atoms with Gasteiger partial charge in [0.15, 0.2) is 0 Å². The van der Waals surface area contributed by atoms with E-state index in [9.17, 15) is 14.7 Å². The fraction of sp³-hybridized carbons (Fsp3) is 0.571. The van der Waals surface area contributed by atoms with E-state index in [-0.39, 0.29) is 19.0 Å². The molecule has 0 bridgehead atoms. The molecule has 0 saturated heterocycles. The first-order valence-corrected chi connectivity index (χ1v) is 7.02. The van der Waals surface area contributed by atoms with Crippen molar-refractivity contribution in [3.63, 3.8) is 0 Å². The Hall–Kier alpha value is -2.18. The Balaban J connectivity index is 1.86. The van der Waals surface area contributed by atoms with Crippen molar-refractivity contribution in [2.45, 2.75) is 25.7 Å². The number of hydrogen-bond acceptors (Lipinski definition) is 5. The summed E-state index contributed by atoms with van der Waals surface area (Å²) in [4.78, 5) is 33.1. The van der Waals surface area contributed by atoms with E-state index in [1.165, 1.54) is 0 Å². The summed E-state index contributed by atoms with van der Waals surface area (Å²) in [6.45, 7) is 0.282. The number of aromatic nitrogens is 2. The number of nitrogens with one attached hydrogen (secondary N) is 1. The molecule has 1 aromatic heterocycles. The molecule has 7 heteroatoms. The van der Waals surface area contributed by atoms with Gasteiger partial charge in [0.1, 0.15) is 0 Å². The maximum atomic E-state index is 11.9. The lowest BCUT2D eigenvalue weighted by Gasteiger charge is -2.24. The SMILES string of the molecule is CN(CC(=O)NCC1(C(=O)O)CCCC1)c1ncccn1. The van der Waals surface area contributed by atoms with Crippen LogP contribution in [-0.2, 0) is 9.59 Å². The third kappa shape index (κ3) is 3.68. The normalized spacial score (nSPS) is 16.4. The van der Waals surface area contributed by atoms with Crippen molar-refractivity contribution in [2.75, 3.05) is 25.0 Å². The van der Waals surface area contributed by atoms with Gasteiger partial charge < -0.3 is 15.3 Å². The molecule has 1 aromatic rings. The van der Waals surface area contributed by atoms with E-state index in [4.69, 9.17) is 0 Å². The minimum Gasteiger partial charge on any atom is -0.481 e. The minimum atomic E-state index is -0.819. The van der Waals surface area contributed by atoms with Crippen LogP contribution in [0.5, 0.6) is 0 Å². The van der Waals surface area contributed by atoms with Gasteiger partial charge in [-0.25, -0.2) is 9.97 Å². The Morgan fingerprint density at radius 2 is 1.95 bits per heavy atom. The summed E-state index contributed by atoms with van der Waals surface area (Å²) in [6.07, 6.45) is 6.27. The number of carbonyl (C=O) groups is 2. The van der Waals surface area contributed by atoms with Crippen LogP contribution in [0.1, 0.15) is 25.7 Å². The summed E-state index contributed by atoms with van der Waals surface area (Å²) in [7, 11) is 1.72. The molecule has 1 fully saturated rings. The molecule has 1 aliphatic carbocycles. The molecule has 0 aromatic carbocycles. The third-order valence-electron chi connectivity index (χ3n) is 3.91. The number of amides is 1. The summed E-state index contributed by atoms with van der Waals surface area (Å²) < 4.78 is 0. The van der Waals surface area contributed by atoms with Gasteiger partial charge in [-0.05, 0) is 18.9 Å². The Labute approximate surface area is 123 Å². The molecule has 1 amide bonds. The smallest absolute Gasteiger partial charge is 0.311 e. The molecule has 0 atom stereocenters. The molecule has 1 saturated carbocycles. The summed E-state index contributed by atoms with van der Waals surface area (Å²) in [5.74, 6) is -0.584. The van der Waals surface area contributed by atoms with Crippen LogP contribution in [0.4, 0.5) is 5.95 Å². The molecule has 1 aliphatic rings. The molecule has 2 rings (SSSR count). The lowest BCUT2D eigenvalue weighted by atomic mass is 9.86. The van der Waals surface area contributed by atoms with Crippen molar-refractivity contribution in [3.05, 3.63) is 18.5 Å². The summed E-state index contributed by atoms with van der Waals surface area (Å²) >= 11 is 0. The molecule has 1 heterocycles. The number of nitrogens with zero attached hydrogens (tertiary/aromatic N) is 3. The first-order chi connectivity index (χ1) is 10.0. The zero-order valence-electron chi connectivity index (χ0n) is 12.1. The first-order valence-electron chi connectivity index (χ1n) is 7.02.